The monoisotopic (exact) mass is 297 g/mol. The number of hydrogen-bond acceptors (Lipinski definition) is 2. The molecule has 1 aromatic heterocycles. The van der Waals surface area contributed by atoms with E-state index < -0.39 is 0 Å². The van der Waals surface area contributed by atoms with E-state index in [2.05, 4.69) is 41.2 Å². The summed E-state index contributed by atoms with van der Waals surface area (Å²) in [6.07, 6.45) is 0. The van der Waals surface area contributed by atoms with Gasteiger partial charge in [-0.05, 0) is 29.3 Å². The summed E-state index contributed by atoms with van der Waals surface area (Å²) < 4.78 is 2.16. The number of rotatable bonds is 1. The van der Waals surface area contributed by atoms with Gasteiger partial charge >= 0.3 is 0 Å². The Balaban J connectivity index is 1.90. The molecule has 2 aromatic carbocycles. The van der Waals surface area contributed by atoms with Crippen molar-refractivity contribution in [2.75, 3.05) is 6.54 Å². The number of halogens is 1. The molecule has 4 heteroatoms. The van der Waals surface area contributed by atoms with Gasteiger partial charge in [0.15, 0.2) is 0 Å². The van der Waals surface area contributed by atoms with Crippen molar-refractivity contribution in [2.24, 2.45) is 7.05 Å². The van der Waals surface area contributed by atoms with E-state index in [1.54, 1.807) is 0 Å². The third-order valence-electron chi connectivity index (χ3n) is 4.28. The summed E-state index contributed by atoms with van der Waals surface area (Å²) in [5, 5.41) is 4.24. The predicted molar refractivity (Wildman–Crippen MR) is 85.7 cm³/mol. The van der Waals surface area contributed by atoms with E-state index in [0.717, 1.165) is 35.0 Å². The van der Waals surface area contributed by atoms with E-state index in [4.69, 9.17) is 16.6 Å². The summed E-state index contributed by atoms with van der Waals surface area (Å²) in [5.41, 5.74) is 4.82. The van der Waals surface area contributed by atoms with Crippen LogP contribution in [0.25, 0.3) is 11.0 Å². The number of benzene rings is 2. The first kappa shape index (κ1) is 12.9. The van der Waals surface area contributed by atoms with Crippen LogP contribution in [0.3, 0.4) is 0 Å². The molecule has 0 fully saturated rings. The lowest BCUT2D eigenvalue weighted by Crippen LogP contribution is -2.30. The average Bonchev–Trinajstić information content (AvgIpc) is 2.83. The molecule has 0 spiro atoms. The van der Waals surface area contributed by atoms with Gasteiger partial charge in [-0.2, -0.15) is 0 Å². The largest absolute Gasteiger partial charge is 0.331 e. The van der Waals surface area contributed by atoms with Gasteiger partial charge in [-0.3, -0.25) is 0 Å². The minimum Gasteiger partial charge on any atom is -0.331 e. The number of aryl methyl sites for hydroxylation is 1. The summed E-state index contributed by atoms with van der Waals surface area (Å²) in [4.78, 5) is 4.84. The number of fused-ring (bicyclic) bond motifs is 2. The third kappa shape index (κ3) is 2.04. The maximum absolute atomic E-state index is 6.11. The molecule has 4 rings (SSSR count). The lowest BCUT2D eigenvalue weighted by Gasteiger charge is -2.26. The highest BCUT2D eigenvalue weighted by Gasteiger charge is 2.25. The molecule has 1 atom stereocenters. The first-order chi connectivity index (χ1) is 10.2. The molecule has 3 nitrogen and oxygen atoms in total. The van der Waals surface area contributed by atoms with Crippen LogP contribution in [0.1, 0.15) is 22.9 Å². The summed E-state index contributed by atoms with van der Waals surface area (Å²) in [5.74, 6) is 1.37. The molecule has 2 heterocycles. The first-order valence-corrected chi connectivity index (χ1v) is 7.52. The third-order valence-corrected chi connectivity index (χ3v) is 4.52. The maximum Gasteiger partial charge on any atom is 0.118 e. The highest BCUT2D eigenvalue weighted by molar-refractivity contribution is 6.31. The van der Waals surface area contributed by atoms with Crippen molar-refractivity contribution in [3.63, 3.8) is 0 Å². The highest BCUT2D eigenvalue weighted by atomic mass is 35.5. The molecule has 1 N–H and O–H groups in total. The minimum absolute atomic E-state index is 0.283. The number of nitrogens with zero attached hydrogens (tertiary/aromatic N) is 2. The molecule has 3 aromatic rings. The van der Waals surface area contributed by atoms with Crippen molar-refractivity contribution in [3.05, 3.63) is 64.4 Å². The molecule has 0 saturated carbocycles. The van der Waals surface area contributed by atoms with E-state index in [-0.39, 0.29) is 5.92 Å². The first-order valence-electron chi connectivity index (χ1n) is 7.14. The van der Waals surface area contributed by atoms with Gasteiger partial charge in [-0.1, -0.05) is 35.9 Å². The summed E-state index contributed by atoms with van der Waals surface area (Å²) >= 11 is 6.11. The Hall–Kier alpha value is -1.84. The van der Waals surface area contributed by atoms with Gasteiger partial charge < -0.3 is 9.88 Å². The van der Waals surface area contributed by atoms with Crippen molar-refractivity contribution in [2.45, 2.75) is 12.5 Å². The summed E-state index contributed by atoms with van der Waals surface area (Å²) in [6.45, 7) is 1.85. The number of nitrogens with one attached hydrogen (secondary N) is 1. The normalized spacial score (nSPS) is 17.9. The minimum atomic E-state index is 0.283. The zero-order chi connectivity index (χ0) is 14.4. The smallest absolute Gasteiger partial charge is 0.118 e. The van der Waals surface area contributed by atoms with Crippen LogP contribution < -0.4 is 5.32 Å². The summed E-state index contributed by atoms with van der Waals surface area (Å²) in [6, 6.07) is 14.5. The molecule has 0 radical (unpaired) electrons. The van der Waals surface area contributed by atoms with Gasteiger partial charge in [-0.25, -0.2) is 4.98 Å². The van der Waals surface area contributed by atoms with Crippen LogP contribution in [0.4, 0.5) is 0 Å². The van der Waals surface area contributed by atoms with Gasteiger partial charge in [0, 0.05) is 25.2 Å². The van der Waals surface area contributed by atoms with E-state index in [0.29, 0.717) is 0 Å². The van der Waals surface area contributed by atoms with E-state index in [1.165, 1.54) is 11.1 Å². The Labute approximate surface area is 128 Å². The van der Waals surface area contributed by atoms with Crippen LogP contribution in [0, 0.1) is 0 Å². The summed E-state index contributed by atoms with van der Waals surface area (Å²) in [7, 11) is 2.07. The molecule has 1 aliphatic rings. The molecular formula is C17H16ClN3. The number of hydrogen-bond donors (Lipinski definition) is 1. The van der Waals surface area contributed by atoms with Crippen LogP contribution in [-0.4, -0.2) is 16.1 Å². The Morgan fingerprint density at radius 1 is 1.24 bits per heavy atom. The van der Waals surface area contributed by atoms with Crippen molar-refractivity contribution in [1.82, 2.24) is 14.9 Å². The second-order valence-electron chi connectivity index (χ2n) is 5.54. The fourth-order valence-electron chi connectivity index (χ4n) is 3.22. The lowest BCUT2D eigenvalue weighted by atomic mass is 9.90. The molecule has 1 unspecified atom stereocenters. The van der Waals surface area contributed by atoms with Crippen molar-refractivity contribution in [1.29, 1.82) is 0 Å². The van der Waals surface area contributed by atoms with Gasteiger partial charge in [0.2, 0.25) is 0 Å². The van der Waals surface area contributed by atoms with Crippen LogP contribution in [0.5, 0.6) is 0 Å². The lowest BCUT2D eigenvalue weighted by molar-refractivity contribution is 0.562. The van der Waals surface area contributed by atoms with Crippen LogP contribution in [0.2, 0.25) is 5.02 Å². The Morgan fingerprint density at radius 3 is 3.00 bits per heavy atom. The molecular weight excluding hydrogens is 282 g/mol. The van der Waals surface area contributed by atoms with Crippen molar-refractivity contribution < 1.29 is 0 Å². The van der Waals surface area contributed by atoms with Crippen molar-refractivity contribution in [3.8, 4) is 0 Å². The second-order valence-corrected chi connectivity index (χ2v) is 5.98. The van der Waals surface area contributed by atoms with Gasteiger partial charge in [0.25, 0.3) is 0 Å². The Morgan fingerprint density at radius 2 is 2.10 bits per heavy atom. The second kappa shape index (κ2) is 4.86. The highest BCUT2D eigenvalue weighted by Crippen LogP contribution is 2.31. The van der Waals surface area contributed by atoms with Crippen LogP contribution in [-0.2, 0) is 13.6 Å². The quantitative estimate of drug-likeness (QED) is 0.745. The predicted octanol–water partition coefficient (Wildman–Crippen LogP) is 3.46. The van der Waals surface area contributed by atoms with Gasteiger partial charge in [0.1, 0.15) is 5.82 Å². The van der Waals surface area contributed by atoms with Gasteiger partial charge in [0.05, 0.1) is 17.0 Å². The number of imidazole rings is 1. The van der Waals surface area contributed by atoms with E-state index in [9.17, 15) is 0 Å². The molecule has 0 aliphatic carbocycles. The molecule has 21 heavy (non-hydrogen) atoms. The Kier molecular flexibility index (Phi) is 2.98. The van der Waals surface area contributed by atoms with Gasteiger partial charge in [-0.15, -0.1) is 0 Å². The molecule has 1 aliphatic heterocycles. The van der Waals surface area contributed by atoms with E-state index >= 15 is 0 Å². The zero-order valence-corrected chi connectivity index (χ0v) is 12.6. The fraction of sp³-hybridized carbons (Fsp3) is 0.235. The van der Waals surface area contributed by atoms with Crippen molar-refractivity contribution >= 4 is 22.6 Å². The molecule has 0 amide bonds. The van der Waals surface area contributed by atoms with E-state index in [1.807, 2.05) is 18.2 Å². The van der Waals surface area contributed by atoms with Crippen LogP contribution >= 0.6 is 11.6 Å². The zero-order valence-electron chi connectivity index (χ0n) is 11.8. The maximum atomic E-state index is 6.11. The standard InChI is InChI=1S/C17H16ClN3/c1-21-16-8-12(18)6-7-15(16)20-17(21)14-10-19-9-11-4-2-3-5-13(11)14/h2-8,14,19H,9-10H2,1H3. The molecule has 106 valence electrons. The SMILES string of the molecule is Cn1c(C2CNCc3ccccc32)nc2ccc(Cl)cc21. The average molecular weight is 298 g/mol. The number of aromatic nitrogens is 2. The fourth-order valence-corrected chi connectivity index (χ4v) is 3.39. The molecule has 0 saturated heterocycles. The van der Waals surface area contributed by atoms with Crippen LogP contribution in [0.15, 0.2) is 42.5 Å². The topological polar surface area (TPSA) is 29.9 Å². The molecule has 0 bridgehead atoms. The Bertz CT molecular complexity index is 822.